The summed E-state index contributed by atoms with van der Waals surface area (Å²) in [5, 5.41) is 0. The van der Waals surface area contributed by atoms with Crippen LogP contribution in [0.5, 0.6) is 0 Å². The fourth-order valence-electron chi connectivity index (χ4n) is 2.19. The van der Waals surface area contributed by atoms with Crippen molar-refractivity contribution in [1.29, 1.82) is 0 Å². The lowest BCUT2D eigenvalue weighted by molar-refractivity contribution is 1.30. The monoisotopic (exact) mass is 234 g/mol. The van der Waals surface area contributed by atoms with Crippen LogP contribution in [0.15, 0.2) is 48.2 Å². The van der Waals surface area contributed by atoms with Crippen LogP contribution in [0.4, 0.5) is 0 Å². The number of aryl methyl sites for hydroxylation is 3. The van der Waals surface area contributed by atoms with Gasteiger partial charge in [-0.05, 0) is 55.2 Å². The maximum absolute atomic E-state index is 3.27. The molecule has 0 nitrogen and oxygen atoms in total. The highest BCUT2D eigenvalue weighted by atomic mass is 14.0. The van der Waals surface area contributed by atoms with Crippen molar-refractivity contribution in [3.8, 4) is 0 Å². The summed E-state index contributed by atoms with van der Waals surface area (Å²) in [7, 11) is 0. The standard InChI is InChI=1S/C18H18/c1-14-12-15(2)18(16(3)13-14)11-7-10-17-8-5-4-6-9-17/h4-6,8-13H,1-3H3. The number of rotatable bonds is 2. The molecule has 0 unspecified atom stereocenters. The van der Waals surface area contributed by atoms with Crippen molar-refractivity contribution in [2.75, 3.05) is 0 Å². The van der Waals surface area contributed by atoms with Crippen LogP contribution in [0, 0.1) is 20.8 Å². The first-order valence-electron chi connectivity index (χ1n) is 6.22. The first kappa shape index (κ1) is 12.4. The molecule has 0 aliphatic heterocycles. The van der Waals surface area contributed by atoms with E-state index in [1.54, 1.807) is 0 Å². The average Bonchev–Trinajstić information content (AvgIpc) is 2.34. The van der Waals surface area contributed by atoms with Gasteiger partial charge < -0.3 is 0 Å². The van der Waals surface area contributed by atoms with Crippen molar-refractivity contribution in [2.24, 2.45) is 0 Å². The second-order valence-corrected chi connectivity index (χ2v) is 4.68. The lowest BCUT2D eigenvalue weighted by atomic mass is 10.00. The Bertz CT molecular complexity index is 574. The van der Waals surface area contributed by atoms with Crippen LogP contribution < -0.4 is 0 Å². The third-order valence-electron chi connectivity index (χ3n) is 3.02. The molecular formula is C18H18. The topological polar surface area (TPSA) is 0 Å². The average molecular weight is 234 g/mol. The summed E-state index contributed by atoms with van der Waals surface area (Å²) in [6, 6.07) is 14.7. The first-order chi connectivity index (χ1) is 8.66. The van der Waals surface area contributed by atoms with Gasteiger partial charge in [-0.1, -0.05) is 48.0 Å². The van der Waals surface area contributed by atoms with E-state index in [-0.39, 0.29) is 0 Å². The van der Waals surface area contributed by atoms with Crippen molar-refractivity contribution >= 4 is 12.2 Å². The molecule has 0 atom stereocenters. The lowest BCUT2D eigenvalue weighted by Crippen LogP contribution is -1.87. The zero-order valence-electron chi connectivity index (χ0n) is 11.2. The molecule has 0 saturated heterocycles. The molecule has 0 N–H and O–H groups in total. The fourth-order valence-corrected chi connectivity index (χ4v) is 2.19. The minimum absolute atomic E-state index is 1.18. The van der Waals surface area contributed by atoms with Gasteiger partial charge >= 0.3 is 0 Å². The van der Waals surface area contributed by atoms with Crippen molar-refractivity contribution in [2.45, 2.75) is 20.8 Å². The van der Waals surface area contributed by atoms with Crippen molar-refractivity contribution < 1.29 is 0 Å². The zero-order valence-corrected chi connectivity index (χ0v) is 11.2. The second kappa shape index (κ2) is 5.53. The molecule has 0 bridgehead atoms. The molecule has 0 heterocycles. The molecule has 2 aromatic carbocycles. The molecule has 0 aliphatic rings. The Hall–Kier alpha value is -2.04. The molecule has 0 heteroatoms. The third kappa shape index (κ3) is 3.00. The van der Waals surface area contributed by atoms with Gasteiger partial charge in [0.25, 0.3) is 0 Å². The smallest absolute Gasteiger partial charge is 0.0121 e. The Morgan fingerprint density at radius 2 is 1.44 bits per heavy atom. The van der Waals surface area contributed by atoms with Crippen LogP contribution in [0.25, 0.3) is 12.2 Å². The van der Waals surface area contributed by atoms with Gasteiger partial charge in [-0.25, -0.2) is 0 Å². The second-order valence-electron chi connectivity index (χ2n) is 4.68. The lowest BCUT2D eigenvalue weighted by Gasteiger charge is -2.05. The predicted octanol–water partition coefficient (Wildman–Crippen LogP) is 4.94. The van der Waals surface area contributed by atoms with Crippen LogP contribution in [-0.2, 0) is 0 Å². The summed E-state index contributed by atoms with van der Waals surface area (Å²) < 4.78 is 0. The molecule has 0 fully saturated rings. The van der Waals surface area contributed by atoms with Crippen molar-refractivity contribution in [3.63, 3.8) is 0 Å². The summed E-state index contributed by atoms with van der Waals surface area (Å²) in [6.07, 6.45) is 4.08. The van der Waals surface area contributed by atoms with E-state index in [2.05, 4.69) is 56.8 Å². The summed E-state index contributed by atoms with van der Waals surface area (Å²) in [5.41, 5.74) is 9.65. The van der Waals surface area contributed by atoms with Crippen LogP contribution >= 0.6 is 0 Å². The van der Waals surface area contributed by atoms with Gasteiger partial charge in [0.2, 0.25) is 0 Å². The number of hydrogen-bond donors (Lipinski definition) is 0. The minimum atomic E-state index is 1.18. The summed E-state index contributed by atoms with van der Waals surface area (Å²) >= 11 is 0. The van der Waals surface area contributed by atoms with E-state index >= 15 is 0 Å². The van der Waals surface area contributed by atoms with Crippen molar-refractivity contribution in [1.82, 2.24) is 0 Å². The maximum atomic E-state index is 3.27. The van der Waals surface area contributed by atoms with Gasteiger partial charge in [-0.3, -0.25) is 0 Å². The van der Waals surface area contributed by atoms with E-state index in [1.165, 1.54) is 27.8 Å². The zero-order chi connectivity index (χ0) is 13.0. The summed E-state index contributed by atoms with van der Waals surface area (Å²) in [6.45, 7) is 6.43. The molecule has 0 aromatic heterocycles. The molecule has 0 saturated carbocycles. The normalized spacial score (nSPS) is 9.72. The minimum Gasteiger partial charge on any atom is -0.120 e. The predicted molar refractivity (Wildman–Crippen MR) is 79.5 cm³/mol. The van der Waals surface area contributed by atoms with Gasteiger partial charge in [-0.15, -0.1) is 5.73 Å². The Kier molecular flexibility index (Phi) is 3.82. The van der Waals surface area contributed by atoms with E-state index in [9.17, 15) is 0 Å². The van der Waals surface area contributed by atoms with Crippen LogP contribution in [0.2, 0.25) is 0 Å². The molecule has 90 valence electrons. The van der Waals surface area contributed by atoms with Gasteiger partial charge in [0.15, 0.2) is 0 Å². The Balaban J connectivity index is 2.32. The Labute approximate surface area is 109 Å². The SMILES string of the molecule is Cc1cc(C)c(C=C=Cc2ccccc2)c(C)c1. The highest BCUT2D eigenvalue weighted by Gasteiger charge is 1.99. The van der Waals surface area contributed by atoms with E-state index in [0.717, 1.165) is 0 Å². The fraction of sp³-hybridized carbons (Fsp3) is 0.167. The molecule has 2 aromatic rings. The summed E-state index contributed by atoms with van der Waals surface area (Å²) in [4.78, 5) is 0. The van der Waals surface area contributed by atoms with E-state index in [1.807, 2.05) is 24.3 Å². The van der Waals surface area contributed by atoms with E-state index in [4.69, 9.17) is 0 Å². The number of hydrogen-bond acceptors (Lipinski definition) is 0. The van der Waals surface area contributed by atoms with E-state index < -0.39 is 0 Å². The Morgan fingerprint density at radius 3 is 2.06 bits per heavy atom. The molecule has 0 radical (unpaired) electrons. The van der Waals surface area contributed by atoms with Gasteiger partial charge in [0, 0.05) is 0 Å². The molecule has 0 amide bonds. The number of benzene rings is 2. The molecule has 18 heavy (non-hydrogen) atoms. The van der Waals surface area contributed by atoms with Gasteiger partial charge in [0.1, 0.15) is 0 Å². The largest absolute Gasteiger partial charge is 0.120 e. The summed E-state index contributed by atoms with van der Waals surface area (Å²) in [5.74, 6) is 0. The van der Waals surface area contributed by atoms with Crippen LogP contribution in [-0.4, -0.2) is 0 Å². The van der Waals surface area contributed by atoms with Gasteiger partial charge in [0.05, 0.1) is 0 Å². The molecule has 0 aliphatic carbocycles. The highest BCUT2D eigenvalue weighted by Crippen LogP contribution is 2.17. The highest BCUT2D eigenvalue weighted by molar-refractivity contribution is 5.62. The Morgan fingerprint density at radius 1 is 0.833 bits per heavy atom. The third-order valence-corrected chi connectivity index (χ3v) is 3.02. The maximum Gasteiger partial charge on any atom is -0.0121 e. The quantitative estimate of drug-likeness (QED) is 0.646. The molecule has 2 rings (SSSR count). The van der Waals surface area contributed by atoms with Crippen molar-refractivity contribution in [3.05, 3.63) is 76.0 Å². The first-order valence-corrected chi connectivity index (χ1v) is 6.22. The van der Waals surface area contributed by atoms with Crippen LogP contribution in [0.3, 0.4) is 0 Å². The van der Waals surface area contributed by atoms with Gasteiger partial charge in [-0.2, -0.15) is 0 Å². The molecular weight excluding hydrogens is 216 g/mol. The van der Waals surface area contributed by atoms with Crippen LogP contribution in [0.1, 0.15) is 27.8 Å². The molecule has 0 spiro atoms. The van der Waals surface area contributed by atoms with E-state index in [0.29, 0.717) is 0 Å².